The van der Waals surface area contributed by atoms with E-state index in [0.29, 0.717) is 12.8 Å². The van der Waals surface area contributed by atoms with Crippen LogP contribution in [0, 0.1) is 0 Å². The van der Waals surface area contributed by atoms with E-state index >= 15 is 0 Å². The largest absolute Gasteiger partial charge is 0.309 e. The molecule has 0 saturated carbocycles. The molecule has 0 radical (unpaired) electrons. The Bertz CT molecular complexity index is 167. The molecular formula is C6H10N2O2. The Labute approximate surface area is 59.0 Å². The maximum Gasteiger partial charge on any atom is 0.243 e. The molecule has 56 valence electrons. The summed E-state index contributed by atoms with van der Waals surface area (Å²) >= 11 is 0. The summed E-state index contributed by atoms with van der Waals surface area (Å²) in [6.45, 7) is 0. The summed E-state index contributed by atoms with van der Waals surface area (Å²) < 4.78 is 0. The van der Waals surface area contributed by atoms with Crippen molar-refractivity contribution in [3.8, 4) is 0 Å². The van der Waals surface area contributed by atoms with Crippen LogP contribution in [0.15, 0.2) is 0 Å². The lowest BCUT2D eigenvalue weighted by Crippen LogP contribution is -2.49. The molecule has 0 bridgehead atoms. The van der Waals surface area contributed by atoms with Gasteiger partial charge in [-0.3, -0.25) is 14.9 Å². The number of amides is 2. The molecule has 0 aromatic carbocycles. The first-order chi connectivity index (χ1) is 4.74. The van der Waals surface area contributed by atoms with Crippen LogP contribution in [0.4, 0.5) is 0 Å². The van der Waals surface area contributed by atoms with Gasteiger partial charge in [0.25, 0.3) is 0 Å². The van der Waals surface area contributed by atoms with Gasteiger partial charge in [0.15, 0.2) is 0 Å². The maximum atomic E-state index is 10.8. The summed E-state index contributed by atoms with van der Waals surface area (Å²) in [6, 6.07) is -0.183. The predicted octanol–water partition coefficient (Wildman–Crippen LogP) is -0.989. The van der Waals surface area contributed by atoms with Crippen molar-refractivity contribution in [1.29, 1.82) is 0 Å². The number of piperidine rings is 1. The van der Waals surface area contributed by atoms with E-state index in [1.54, 1.807) is 7.05 Å². The number of likely N-dealkylation sites (N-methyl/N-ethyl adjacent to an activating group) is 1. The Morgan fingerprint density at radius 1 is 1.60 bits per heavy atom. The minimum absolute atomic E-state index is 0.170. The highest BCUT2D eigenvalue weighted by atomic mass is 16.2. The fourth-order valence-electron chi connectivity index (χ4n) is 0.969. The summed E-state index contributed by atoms with van der Waals surface area (Å²) in [5, 5.41) is 5.05. The monoisotopic (exact) mass is 142 g/mol. The highest BCUT2D eigenvalue weighted by Gasteiger charge is 2.24. The smallest absolute Gasteiger partial charge is 0.243 e. The summed E-state index contributed by atoms with van der Waals surface area (Å²) in [6.07, 6.45) is 1.05. The van der Waals surface area contributed by atoms with Gasteiger partial charge in [0.2, 0.25) is 11.8 Å². The number of imide groups is 1. The molecule has 4 nitrogen and oxygen atoms in total. The van der Waals surface area contributed by atoms with E-state index in [2.05, 4.69) is 10.6 Å². The molecule has 1 rings (SSSR count). The second-order valence-electron chi connectivity index (χ2n) is 2.29. The molecular weight excluding hydrogens is 132 g/mol. The van der Waals surface area contributed by atoms with Gasteiger partial charge in [-0.15, -0.1) is 0 Å². The molecule has 0 aromatic heterocycles. The number of carbonyl (C=O) groups is 2. The SMILES string of the molecule is CNC1CCC(=O)NC1=O. The van der Waals surface area contributed by atoms with Gasteiger partial charge in [-0.25, -0.2) is 0 Å². The van der Waals surface area contributed by atoms with Crippen molar-refractivity contribution in [3.63, 3.8) is 0 Å². The van der Waals surface area contributed by atoms with E-state index < -0.39 is 0 Å². The Kier molecular flexibility index (Phi) is 2.01. The van der Waals surface area contributed by atoms with E-state index in [1.807, 2.05) is 0 Å². The zero-order valence-electron chi connectivity index (χ0n) is 5.81. The van der Waals surface area contributed by atoms with E-state index in [-0.39, 0.29) is 17.9 Å². The van der Waals surface area contributed by atoms with E-state index in [1.165, 1.54) is 0 Å². The first kappa shape index (κ1) is 7.21. The number of nitrogens with one attached hydrogen (secondary N) is 2. The van der Waals surface area contributed by atoms with Crippen molar-refractivity contribution in [1.82, 2.24) is 10.6 Å². The van der Waals surface area contributed by atoms with Gasteiger partial charge in [0, 0.05) is 6.42 Å². The zero-order chi connectivity index (χ0) is 7.56. The van der Waals surface area contributed by atoms with Crippen LogP contribution in [0.25, 0.3) is 0 Å². The number of carbonyl (C=O) groups excluding carboxylic acids is 2. The van der Waals surface area contributed by atoms with Crippen LogP contribution in [-0.2, 0) is 9.59 Å². The lowest BCUT2D eigenvalue weighted by molar-refractivity contribution is -0.134. The predicted molar refractivity (Wildman–Crippen MR) is 35.2 cm³/mol. The molecule has 1 saturated heterocycles. The Hall–Kier alpha value is -0.900. The topological polar surface area (TPSA) is 58.2 Å². The number of rotatable bonds is 1. The van der Waals surface area contributed by atoms with Crippen molar-refractivity contribution in [2.75, 3.05) is 7.05 Å². The van der Waals surface area contributed by atoms with E-state index in [4.69, 9.17) is 0 Å². The van der Waals surface area contributed by atoms with Gasteiger partial charge in [0.05, 0.1) is 6.04 Å². The summed E-state index contributed by atoms with van der Waals surface area (Å²) in [7, 11) is 1.71. The Balaban J connectivity index is 2.51. The average molecular weight is 142 g/mol. The summed E-state index contributed by atoms with van der Waals surface area (Å²) in [4.78, 5) is 21.4. The normalized spacial score (nSPS) is 26.3. The molecule has 0 aromatic rings. The van der Waals surface area contributed by atoms with Gasteiger partial charge in [-0.05, 0) is 13.5 Å². The minimum Gasteiger partial charge on any atom is -0.309 e. The third-order valence-corrected chi connectivity index (χ3v) is 1.59. The number of hydrogen-bond acceptors (Lipinski definition) is 3. The molecule has 1 atom stereocenters. The number of hydrogen-bond donors (Lipinski definition) is 2. The maximum absolute atomic E-state index is 10.8. The van der Waals surface area contributed by atoms with Gasteiger partial charge in [-0.1, -0.05) is 0 Å². The van der Waals surface area contributed by atoms with Crippen molar-refractivity contribution in [2.24, 2.45) is 0 Å². The van der Waals surface area contributed by atoms with Gasteiger partial charge in [-0.2, -0.15) is 0 Å². The van der Waals surface area contributed by atoms with Crippen LogP contribution < -0.4 is 10.6 Å². The van der Waals surface area contributed by atoms with Crippen LogP contribution in [0.5, 0.6) is 0 Å². The van der Waals surface area contributed by atoms with Gasteiger partial charge >= 0.3 is 0 Å². The molecule has 1 fully saturated rings. The highest BCUT2D eigenvalue weighted by molar-refractivity contribution is 6.00. The van der Waals surface area contributed by atoms with Crippen LogP contribution in [0.1, 0.15) is 12.8 Å². The van der Waals surface area contributed by atoms with Crippen LogP contribution >= 0.6 is 0 Å². The third kappa shape index (κ3) is 1.33. The first-order valence-corrected chi connectivity index (χ1v) is 3.25. The lowest BCUT2D eigenvalue weighted by atomic mass is 10.1. The first-order valence-electron chi connectivity index (χ1n) is 3.25. The molecule has 1 unspecified atom stereocenters. The Morgan fingerprint density at radius 2 is 2.30 bits per heavy atom. The van der Waals surface area contributed by atoms with E-state index in [9.17, 15) is 9.59 Å². The minimum atomic E-state index is -0.209. The summed E-state index contributed by atoms with van der Waals surface area (Å²) in [5.41, 5.74) is 0. The standard InChI is InChI=1S/C6H10N2O2/c1-7-4-2-3-5(9)8-6(4)10/h4,7H,2-3H2,1H3,(H,8,9,10). The van der Waals surface area contributed by atoms with Crippen molar-refractivity contribution >= 4 is 11.8 Å². The molecule has 0 spiro atoms. The van der Waals surface area contributed by atoms with E-state index in [0.717, 1.165) is 0 Å². The molecule has 10 heavy (non-hydrogen) atoms. The molecule has 1 aliphatic rings. The zero-order valence-corrected chi connectivity index (χ0v) is 5.81. The van der Waals surface area contributed by atoms with Crippen LogP contribution in [0.3, 0.4) is 0 Å². The molecule has 2 amide bonds. The van der Waals surface area contributed by atoms with Crippen LogP contribution in [-0.4, -0.2) is 24.9 Å². The quantitative estimate of drug-likeness (QED) is 0.462. The van der Waals surface area contributed by atoms with Gasteiger partial charge in [0.1, 0.15) is 0 Å². The van der Waals surface area contributed by atoms with Crippen LogP contribution in [0.2, 0.25) is 0 Å². The second kappa shape index (κ2) is 2.79. The fourth-order valence-corrected chi connectivity index (χ4v) is 0.969. The molecule has 2 N–H and O–H groups in total. The average Bonchev–Trinajstić information content (AvgIpc) is 1.88. The van der Waals surface area contributed by atoms with Crippen molar-refractivity contribution in [2.45, 2.75) is 18.9 Å². The second-order valence-corrected chi connectivity index (χ2v) is 2.29. The third-order valence-electron chi connectivity index (χ3n) is 1.59. The molecule has 0 aliphatic carbocycles. The molecule has 4 heteroatoms. The van der Waals surface area contributed by atoms with Gasteiger partial charge < -0.3 is 5.32 Å². The van der Waals surface area contributed by atoms with Crippen molar-refractivity contribution < 1.29 is 9.59 Å². The molecule has 1 heterocycles. The fraction of sp³-hybridized carbons (Fsp3) is 0.667. The summed E-state index contributed by atoms with van der Waals surface area (Å²) in [5.74, 6) is -0.379. The highest BCUT2D eigenvalue weighted by Crippen LogP contribution is 2.02. The molecule has 1 aliphatic heterocycles. The Morgan fingerprint density at radius 3 is 2.80 bits per heavy atom. The van der Waals surface area contributed by atoms with Crippen molar-refractivity contribution in [3.05, 3.63) is 0 Å². The lowest BCUT2D eigenvalue weighted by Gasteiger charge is -2.19.